The third-order valence-corrected chi connectivity index (χ3v) is 2.59. The third kappa shape index (κ3) is 8.85. The minimum Gasteiger partial charge on any atom is -0.383 e. The maximum absolute atomic E-state index is 5.19. The first-order valence-electron chi connectivity index (χ1n) is 5.95. The third-order valence-electron chi connectivity index (χ3n) is 2.59. The normalized spacial score (nSPS) is 13.8. The van der Waals surface area contributed by atoms with Crippen molar-refractivity contribution in [1.29, 1.82) is 0 Å². The Morgan fingerprint density at radius 3 is 2.33 bits per heavy atom. The molecule has 1 atom stereocenters. The number of hydrogen-bond donors (Lipinski definition) is 1. The van der Waals surface area contributed by atoms with Crippen LogP contribution in [-0.4, -0.2) is 51.8 Å². The first kappa shape index (κ1) is 14.9. The van der Waals surface area contributed by atoms with Gasteiger partial charge in [0, 0.05) is 13.2 Å². The van der Waals surface area contributed by atoms with Crippen LogP contribution in [0.4, 0.5) is 0 Å². The zero-order valence-corrected chi connectivity index (χ0v) is 11.0. The summed E-state index contributed by atoms with van der Waals surface area (Å²) in [7, 11) is 6.01. The smallest absolute Gasteiger partial charge is 0.0618 e. The molecule has 1 unspecified atom stereocenters. The second-order valence-electron chi connectivity index (χ2n) is 4.77. The van der Waals surface area contributed by atoms with Gasteiger partial charge < -0.3 is 15.0 Å². The van der Waals surface area contributed by atoms with Crippen molar-refractivity contribution < 1.29 is 4.74 Å². The summed E-state index contributed by atoms with van der Waals surface area (Å²) < 4.78 is 5.19. The number of nitrogens with zero attached hydrogens (tertiary/aromatic N) is 1. The van der Waals surface area contributed by atoms with Gasteiger partial charge in [-0.05, 0) is 45.9 Å². The van der Waals surface area contributed by atoms with Gasteiger partial charge in [0.15, 0.2) is 0 Å². The molecule has 3 nitrogen and oxygen atoms in total. The Morgan fingerprint density at radius 2 is 1.87 bits per heavy atom. The topological polar surface area (TPSA) is 24.5 Å². The molecule has 0 radical (unpaired) electrons. The molecule has 15 heavy (non-hydrogen) atoms. The van der Waals surface area contributed by atoms with Crippen molar-refractivity contribution in [3.8, 4) is 0 Å². The number of rotatable bonds is 9. The fourth-order valence-electron chi connectivity index (χ4n) is 1.51. The molecule has 0 aliphatic carbocycles. The van der Waals surface area contributed by atoms with Crippen LogP contribution < -0.4 is 5.32 Å². The summed E-state index contributed by atoms with van der Waals surface area (Å²) in [6.45, 7) is 7.55. The van der Waals surface area contributed by atoms with Gasteiger partial charge >= 0.3 is 0 Å². The molecule has 0 saturated heterocycles. The largest absolute Gasteiger partial charge is 0.383 e. The van der Waals surface area contributed by atoms with Gasteiger partial charge in [0.25, 0.3) is 0 Å². The summed E-state index contributed by atoms with van der Waals surface area (Å²) in [5, 5.41) is 3.55. The number of hydrogen-bond acceptors (Lipinski definition) is 3. The average molecular weight is 216 g/mol. The molecular formula is C12H28N2O. The van der Waals surface area contributed by atoms with E-state index in [0.29, 0.717) is 12.0 Å². The minimum atomic E-state index is 0.495. The maximum Gasteiger partial charge on any atom is 0.0618 e. The van der Waals surface area contributed by atoms with Crippen molar-refractivity contribution in [3.63, 3.8) is 0 Å². The van der Waals surface area contributed by atoms with Crippen LogP contribution in [0.2, 0.25) is 0 Å². The number of unbranched alkanes of at least 4 members (excludes halogenated alkanes) is 1. The van der Waals surface area contributed by atoms with Gasteiger partial charge in [-0.2, -0.15) is 0 Å². The molecule has 0 fully saturated rings. The Kier molecular flexibility index (Phi) is 9.06. The van der Waals surface area contributed by atoms with E-state index in [1.165, 1.54) is 19.4 Å². The first-order chi connectivity index (χ1) is 7.07. The summed E-state index contributed by atoms with van der Waals surface area (Å²) in [6.07, 6.45) is 2.50. The van der Waals surface area contributed by atoms with E-state index in [4.69, 9.17) is 4.74 Å². The lowest BCUT2D eigenvalue weighted by atomic mass is 10.1. The standard InChI is InChI=1S/C12H28N2O/c1-11(2)12(10-15-5)13-8-6-7-9-14(3)4/h11-13H,6-10H2,1-5H3. The van der Waals surface area contributed by atoms with E-state index in [2.05, 4.69) is 38.2 Å². The van der Waals surface area contributed by atoms with Gasteiger partial charge in [0.1, 0.15) is 0 Å². The molecule has 1 N–H and O–H groups in total. The highest BCUT2D eigenvalue weighted by atomic mass is 16.5. The number of nitrogens with one attached hydrogen (secondary N) is 1. The Bertz CT molecular complexity index is 138. The zero-order chi connectivity index (χ0) is 11.7. The van der Waals surface area contributed by atoms with E-state index in [0.717, 1.165) is 13.2 Å². The first-order valence-corrected chi connectivity index (χ1v) is 5.95. The van der Waals surface area contributed by atoms with Gasteiger partial charge in [-0.25, -0.2) is 0 Å². The molecule has 0 aromatic carbocycles. The van der Waals surface area contributed by atoms with Gasteiger partial charge in [-0.3, -0.25) is 0 Å². The molecule has 3 heteroatoms. The highest BCUT2D eigenvalue weighted by Crippen LogP contribution is 2.02. The molecule has 0 heterocycles. The molecule has 92 valence electrons. The van der Waals surface area contributed by atoms with Crippen molar-refractivity contribution in [2.45, 2.75) is 32.7 Å². The average Bonchev–Trinajstić information content (AvgIpc) is 2.15. The van der Waals surface area contributed by atoms with E-state index in [1.54, 1.807) is 7.11 Å². The summed E-state index contributed by atoms with van der Waals surface area (Å²) >= 11 is 0. The quantitative estimate of drug-likeness (QED) is 0.592. The maximum atomic E-state index is 5.19. The van der Waals surface area contributed by atoms with E-state index in [-0.39, 0.29) is 0 Å². The number of methoxy groups -OCH3 is 1. The number of ether oxygens (including phenoxy) is 1. The SMILES string of the molecule is COCC(NCCCCN(C)C)C(C)C. The fourth-order valence-corrected chi connectivity index (χ4v) is 1.51. The van der Waals surface area contributed by atoms with Crippen LogP contribution in [0, 0.1) is 5.92 Å². The summed E-state index contributed by atoms with van der Waals surface area (Å²) in [4.78, 5) is 2.23. The van der Waals surface area contributed by atoms with Gasteiger partial charge in [0.05, 0.1) is 6.61 Å². The lowest BCUT2D eigenvalue weighted by Crippen LogP contribution is -2.38. The predicted molar refractivity (Wildman–Crippen MR) is 66.3 cm³/mol. The van der Waals surface area contributed by atoms with Crippen LogP contribution >= 0.6 is 0 Å². The Balaban J connectivity index is 3.45. The van der Waals surface area contributed by atoms with E-state index in [9.17, 15) is 0 Å². The molecule has 0 aromatic heterocycles. The molecule has 0 saturated carbocycles. The van der Waals surface area contributed by atoms with Gasteiger partial charge in [0.2, 0.25) is 0 Å². The Labute approximate surface area is 95.2 Å². The second kappa shape index (κ2) is 9.13. The van der Waals surface area contributed by atoms with Gasteiger partial charge in [-0.1, -0.05) is 13.8 Å². The van der Waals surface area contributed by atoms with Crippen LogP contribution in [0.1, 0.15) is 26.7 Å². The van der Waals surface area contributed by atoms with Crippen molar-refractivity contribution in [2.75, 3.05) is 40.9 Å². The second-order valence-corrected chi connectivity index (χ2v) is 4.77. The highest BCUT2D eigenvalue weighted by Gasteiger charge is 2.11. The molecular weight excluding hydrogens is 188 g/mol. The fraction of sp³-hybridized carbons (Fsp3) is 1.00. The molecule has 0 spiro atoms. The molecule has 0 aliphatic rings. The highest BCUT2D eigenvalue weighted by molar-refractivity contribution is 4.69. The van der Waals surface area contributed by atoms with Crippen LogP contribution in [0.15, 0.2) is 0 Å². The van der Waals surface area contributed by atoms with Crippen molar-refractivity contribution in [3.05, 3.63) is 0 Å². The zero-order valence-electron chi connectivity index (χ0n) is 11.0. The monoisotopic (exact) mass is 216 g/mol. The van der Waals surface area contributed by atoms with Crippen molar-refractivity contribution >= 4 is 0 Å². The molecule has 0 rings (SSSR count). The lowest BCUT2D eigenvalue weighted by Gasteiger charge is -2.21. The van der Waals surface area contributed by atoms with Crippen LogP contribution in [0.5, 0.6) is 0 Å². The van der Waals surface area contributed by atoms with Crippen LogP contribution in [-0.2, 0) is 4.74 Å². The lowest BCUT2D eigenvalue weighted by molar-refractivity contribution is 0.147. The molecule has 0 amide bonds. The molecule has 0 aliphatic heterocycles. The summed E-state index contributed by atoms with van der Waals surface area (Å²) in [5.41, 5.74) is 0. The van der Waals surface area contributed by atoms with Crippen LogP contribution in [0.25, 0.3) is 0 Å². The van der Waals surface area contributed by atoms with Crippen LogP contribution in [0.3, 0.4) is 0 Å². The molecule has 0 bridgehead atoms. The van der Waals surface area contributed by atoms with Crippen molar-refractivity contribution in [2.24, 2.45) is 5.92 Å². The predicted octanol–water partition coefficient (Wildman–Crippen LogP) is 1.59. The van der Waals surface area contributed by atoms with E-state index >= 15 is 0 Å². The van der Waals surface area contributed by atoms with Gasteiger partial charge in [-0.15, -0.1) is 0 Å². The Hall–Kier alpha value is -0.120. The van der Waals surface area contributed by atoms with E-state index < -0.39 is 0 Å². The van der Waals surface area contributed by atoms with E-state index in [1.807, 2.05) is 0 Å². The molecule has 0 aromatic rings. The summed E-state index contributed by atoms with van der Waals surface area (Å²) in [5.74, 6) is 0.638. The summed E-state index contributed by atoms with van der Waals surface area (Å²) in [6, 6.07) is 0.495. The Morgan fingerprint density at radius 1 is 1.20 bits per heavy atom. The minimum absolute atomic E-state index is 0.495. The van der Waals surface area contributed by atoms with Crippen molar-refractivity contribution in [1.82, 2.24) is 10.2 Å².